The molecule has 4 nitrogen and oxygen atoms in total. The van der Waals surface area contributed by atoms with Gasteiger partial charge in [-0.1, -0.05) is 15.9 Å². The van der Waals surface area contributed by atoms with Gasteiger partial charge in [-0.25, -0.2) is 4.68 Å². The molecule has 0 N–H and O–H groups in total. The van der Waals surface area contributed by atoms with Crippen LogP contribution in [0.2, 0.25) is 0 Å². The molecule has 0 atom stereocenters. The van der Waals surface area contributed by atoms with Crippen molar-refractivity contribution in [3.63, 3.8) is 0 Å². The van der Waals surface area contributed by atoms with Gasteiger partial charge in [0.15, 0.2) is 5.78 Å². The summed E-state index contributed by atoms with van der Waals surface area (Å²) < 4.78 is 2.15. The van der Waals surface area contributed by atoms with Crippen LogP contribution in [0, 0.1) is 0 Å². The van der Waals surface area contributed by atoms with Gasteiger partial charge in [0.05, 0.1) is 6.20 Å². The molecule has 0 radical (unpaired) electrons. The standard InChI is InChI=1S/C14H11BrN2O2/c1-17-14(19)8-10(9-16-17)2-7-13(18)11-3-5-12(15)6-4-11/h2-9H,1H3/b7-2+. The Morgan fingerprint density at radius 2 is 2.00 bits per heavy atom. The number of halogens is 1. The molecule has 1 aromatic heterocycles. The minimum Gasteiger partial charge on any atom is -0.289 e. The fourth-order valence-electron chi connectivity index (χ4n) is 1.46. The lowest BCUT2D eigenvalue weighted by molar-refractivity contribution is 0.104. The Kier molecular flexibility index (Phi) is 4.06. The van der Waals surface area contributed by atoms with Gasteiger partial charge in [0, 0.05) is 28.7 Å². The van der Waals surface area contributed by atoms with Crippen molar-refractivity contribution in [3.8, 4) is 0 Å². The summed E-state index contributed by atoms with van der Waals surface area (Å²) in [4.78, 5) is 23.2. The summed E-state index contributed by atoms with van der Waals surface area (Å²) in [6, 6.07) is 8.51. The highest BCUT2D eigenvalue weighted by molar-refractivity contribution is 9.10. The van der Waals surface area contributed by atoms with Crippen LogP contribution >= 0.6 is 15.9 Å². The Morgan fingerprint density at radius 1 is 1.32 bits per heavy atom. The van der Waals surface area contributed by atoms with E-state index in [1.807, 2.05) is 0 Å². The minimum absolute atomic E-state index is 0.117. The van der Waals surface area contributed by atoms with E-state index in [0.717, 1.165) is 4.47 Å². The zero-order chi connectivity index (χ0) is 13.8. The molecule has 0 aliphatic rings. The van der Waals surface area contributed by atoms with Crippen molar-refractivity contribution < 1.29 is 4.79 Å². The Bertz CT molecular complexity index is 687. The number of carbonyl (C=O) groups excluding carboxylic acids is 1. The first-order valence-electron chi connectivity index (χ1n) is 5.57. The van der Waals surface area contributed by atoms with Gasteiger partial charge in [-0.05, 0) is 36.4 Å². The van der Waals surface area contributed by atoms with E-state index in [1.165, 1.54) is 23.0 Å². The van der Waals surface area contributed by atoms with E-state index < -0.39 is 0 Å². The summed E-state index contributed by atoms with van der Waals surface area (Å²) in [5.74, 6) is -0.117. The number of aromatic nitrogens is 2. The van der Waals surface area contributed by atoms with E-state index in [4.69, 9.17) is 0 Å². The first-order valence-corrected chi connectivity index (χ1v) is 6.37. The van der Waals surface area contributed by atoms with E-state index in [1.54, 1.807) is 37.4 Å². The minimum atomic E-state index is -0.210. The molecule has 0 aliphatic heterocycles. The van der Waals surface area contributed by atoms with Crippen molar-refractivity contribution in [2.24, 2.45) is 7.05 Å². The van der Waals surface area contributed by atoms with Gasteiger partial charge in [0.1, 0.15) is 0 Å². The summed E-state index contributed by atoms with van der Waals surface area (Å²) in [5, 5.41) is 3.88. The van der Waals surface area contributed by atoms with Crippen molar-refractivity contribution >= 4 is 27.8 Å². The number of hydrogen-bond donors (Lipinski definition) is 0. The van der Waals surface area contributed by atoms with Crippen LogP contribution < -0.4 is 5.56 Å². The quantitative estimate of drug-likeness (QED) is 0.645. The normalized spacial score (nSPS) is 10.8. The molecule has 0 spiro atoms. The molecular weight excluding hydrogens is 308 g/mol. The molecule has 0 saturated heterocycles. The van der Waals surface area contributed by atoms with Crippen LogP contribution in [0.25, 0.3) is 6.08 Å². The molecule has 96 valence electrons. The molecule has 0 aliphatic carbocycles. The lowest BCUT2D eigenvalue weighted by Crippen LogP contribution is -2.17. The van der Waals surface area contributed by atoms with Crippen molar-refractivity contribution in [1.82, 2.24) is 9.78 Å². The topological polar surface area (TPSA) is 52.0 Å². The van der Waals surface area contributed by atoms with Crippen LogP contribution in [0.3, 0.4) is 0 Å². The molecule has 0 amide bonds. The third-order valence-corrected chi connectivity index (χ3v) is 3.07. The van der Waals surface area contributed by atoms with Gasteiger partial charge in [-0.2, -0.15) is 5.10 Å². The number of carbonyl (C=O) groups is 1. The predicted molar refractivity (Wildman–Crippen MR) is 77.0 cm³/mol. The number of allylic oxidation sites excluding steroid dienone is 1. The highest BCUT2D eigenvalue weighted by atomic mass is 79.9. The average molecular weight is 319 g/mol. The maximum Gasteiger partial charge on any atom is 0.267 e. The highest BCUT2D eigenvalue weighted by Gasteiger charge is 2.01. The summed E-state index contributed by atoms with van der Waals surface area (Å²) >= 11 is 3.31. The Balaban J connectivity index is 2.18. The molecular formula is C14H11BrN2O2. The van der Waals surface area contributed by atoms with Crippen molar-refractivity contribution in [2.75, 3.05) is 0 Å². The number of aryl methyl sites for hydroxylation is 1. The summed E-state index contributed by atoms with van der Waals surface area (Å²) in [7, 11) is 1.57. The lowest BCUT2D eigenvalue weighted by atomic mass is 10.1. The largest absolute Gasteiger partial charge is 0.289 e. The molecule has 0 bridgehead atoms. The third-order valence-electron chi connectivity index (χ3n) is 2.54. The highest BCUT2D eigenvalue weighted by Crippen LogP contribution is 2.11. The van der Waals surface area contributed by atoms with Crippen molar-refractivity contribution in [1.29, 1.82) is 0 Å². The SMILES string of the molecule is Cn1ncc(/C=C/C(=O)c2ccc(Br)cc2)cc1=O. The van der Waals surface area contributed by atoms with Gasteiger partial charge >= 0.3 is 0 Å². The third kappa shape index (κ3) is 3.48. The molecule has 2 aromatic rings. The first-order chi connectivity index (χ1) is 9.06. The Labute approximate surface area is 118 Å². The van der Waals surface area contributed by atoms with E-state index in [-0.39, 0.29) is 11.3 Å². The molecule has 2 rings (SSSR count). The fourth-order valence-corrected chi connectivity index (χ4v) is 1.72. The molecule has 0 saturated carbocycles. The zero-order valence-electron chi connectivity index (χ0n) is 10.2. The zero-order valence-corrected chi connectivity index (χ0v) is 11.8. The van der Waals surface area contributed by atoms with E-state index in [2.05, 4.69) is 21.0 Å². The second kappa shape index (κ2) is 5.75. The lowest BCUT2D eigenvalue weighted by Gasteiger charge is -1.97. The fraction of sp³-hybridized carbons (Fsp3) is 0.0714. The number of rotatable bonds is 3. The summed E-state index contributed by atoms with van der Waals surface area (Å²) in [6.45, 7) is 0. The van der Waals surface area contributed by atoms with Crippen molar-refractivity contribution in [3.05, 3.63) is 68.6 Å². The van der Waals surface area contributed by atoms with Gasteiger partial charge in [-0.15, -0.1) is 0 Å². The molecule has 1 aromatic carbocycles. The van der Waals surface area contributed by atoms with E-state index >= 15 is 0 Å². The number of ketones is 1. The van der Waals surface area contributed by atoms with Crippen LogP contribution in [0.5, 0.6) is 0 Å². The molecule has 0 fully saturated rings. The smallest absolute Gasteiger partial charge is 0.267 e. The first kappa shape index (κ1) is 13.4. The Morgan fingerprint density at radius 3 is 2.63 bits per heavy atom. The summed E-state index contributed by atoms with van der Waals surface area (Å²) in [5.41, 5.74) is 0.989. The van der Waals surface area contributed by atoms with E-state index in [9.17, 15) is 9.59 Å². The second-order valence-corrected chi connectivity index (χ2v) is 4.87. The predicted octanol–water partition coefficient (Wildman–Crippen LogP) is 2.44. The van der Waals surface area contributed by atoms with Gasteiger partial charge < -0.3 is 0 Å². The molecule has 1 heterocycles. The maximum absolute atomic E-state index is 11.9. The van der Waals surface area contributed by atoms with Gasteiger partial charge in [0.25, 0.3) is 5.56 Å². The molecule has 0 unspecified atom stereocenters. The van der Waals surface area contributed by atoms with E-state index in [0.29, 0.717) is 11.1 Å². The Hall–Kier alpha value is -2.01. The van der Waals surface area contributed by atoms with Crippen LogP contribution in [-0.4, -0.2) is 15.6 Å². The van der Waals surface area contributed by atoms with Gasteiger partial charge in [0.2, 0.25) is 0 Å². The van der Waals surface area contributed by atoms with Crippen molar-refractivity contribution in [2.45, 2.75) is 0 Å². The van der Waals surface area contributed by atoms with Crippen LogP contribution in [-0.2, 0) is 7.05 Å². The van der Waals surface area contributed by atoms with Crippen LogP contribution in [0.15, 0.2) is 51.9 Å². The summed E-state index contributed by atoms with van der Waals surface area (Å²) in [6.07, 6.45) is 4.55. The number of nitrogens with zero attached hydrogens (tertiary/aromatic N) is 2. The number of hydrogen-bond acceptors (Lipinski definition) is 3. The molecule has 19 heavy (non-hydrogen) atoms. The van der Waals surface area contributed by atoms with Gasteiger partial charge in [-0.3, -0.25) is 9.59 Å². The monoisotopic (exact) mass is 318 g/mol. The molecule has 5 heteroatoms. The van der Waals surface area contributed by atoms with Crippen LogP contribution in [0.1, 0.15) is 15.9 Å². The van der Waals surface area contributed by atoms with Crippen LogP contribution in [0.4, 0.5) is 0 Å². The number of benzene rings is 1. The average Bonchev–Trinajstić information content (AvgIpc) is 2.40. The maximum atomic E-state index is 11.9. The second-order valence-electron chi connectivity index (χ2n) is 3.96.